The summed E-state index contributed by atoms with van der Waals surface area (Å²) in [4.78, 5) is 39.9. The summed E-state index contributed by atoms with van der Waals surface area (Å²) in [6.07, 6.45) is 71.2. The van der Waals surface area contributed by atoms with Crippen molar-refractivity contribution < 1.29 is 37.3 Å². The van der Waals surface area contributed by atoms with Crippen molar-refractivity contribution in [1.29, 1.82) is 0 Å². The number of quaternary nitrogens is 1. The minimum Gasteiger partial charge on any atom is -0.756 e. The van der Waals surface area contributed by atoms with Gasteiger partial charge in [0.25, 0.3) is 7.82 Å². The molecule has 3 atom stereocenters. The fourth-order valence-electron chi connectivity index (χ4n) is 8.58. The van der Waals surface area contributed by atoms with Gasteiger partial charge < -0.3 is 28.5 Å². The van der Waals surface area contributed by atoms with E-state index in [0.29, 0.717) is 23.9 Å². The van der Waals surface area contributed by atoms with Crippen LogP contribution >= 0.6 is 7.82 Å². The molecule has 3 unspecified atom stereocenters. The van der Waals surface area contributed by atoms with Crippen molar-refractivity contribution in [3.8, 4) is 0 Å². The molecule has 0 fully saturated rings. The molecule has 0 spiro atoms. The second-order valence-corrected chi connectivity index (χ2v) is 23.2. The topological polar surface area (TPSA) is 114 Å². The molecule has 75 heavy (non-hydrogen) atoms. The second-order valence-electron chi connectivity index (χ2n) is 21.8. The van der Waals surface area contributed by atoms with Gasteiger partial charge >= 0.3 is 5.97 Å². The molecule has 0 aliphatic carbocycles. The minimum absolute atomic E-state index is 0.0269. The van der Waals surface area contributed by atoms with Crippen molar-refractivity contribution in [3.05, 3.63) is 85.1 Å². The van der Waals surface area contributed by atoms with E-state index >= 15 is 0 Å². The smallest absolute Gasteiger partial charge is 0.306 e. The van der Waals surface area contributed by atoms with Crippen LogP contribution in [0.4, 0.5) is 0 Å². The van der Waals surface area contributed by atoms with Gasteiger partial charge in [-0.15, -0.1) is 0 Å². The summed E-state index contributed by atoms with van der Waals surface area (Å²) in [5.74, 6) is -0.557. The second kappa shape index (κ2) is 54.5. The van der Waals surface area contributed by atoms with Gasteiger partial charge in [-0.1, -0.05) is 254 Å². The molecule has 9 nitrogen and oxygen atoms in total. The molecular weight excluding hydrogens is 952 g/mol. The normalized spacial score (nSPS) is 14.3. The average molecular weight is 1070 g/mol. The van der Waals surface area contributed by atoms with Crippen LogP contribution in [0.1, 0.15) is 265 Å². The number of phosphoric ester groups is 1. The number of nitrogens with zero attached hydrogens (tertiary/aromatic N) is 1. The van der Waals surface area contributed by atoms with Gasteiger partial charge in [0, 0.05) is 12.8 Å². The Morgan fingerprint density at radius 1 is 0.480 bits per heavy atom. The Balaban J connectivity index is 5.17. The first kappa shape index (κ1) is 72.2. The van der Waals surface area contributed by atoms with Crippen LogP contribution in [0, 0.1) is 0 Å². The molecule has 434 valence electrons. The summed E-state index contributed by atoms with van der Waals surface area (Å²) in [6.45, 7) is 6.71. The summed E-state index contributed by atoms with van der Waals surface area (Å²) in [6, 6.07) is -0.895. The van der Waals surface area contributed by atoms with Crippen LogP contribution in [-0.2, 0) is 27.9 Å². The van der Waals surface area contributed by atoms with E-state index in [0.717, 1.165) is 116 Å². The van der Waals surface area contributed by atoms with E-state index in [1.807, 2.05) is 33.3 Å². The van der Waals surface area contributed by atoms with Crippen LogP contribution in [0.25, 0.3) is 0 Å². The van der Waals surface area contributed by atoms with E-state index in [1.165, 1.54) is 109 Å². The third-order valence-corrected chi connectivity index (χ3v) is 14.3. The molecule has 0 aliphatic heterocycles. The number of ether oxygens (including phenoxy) is 1. The molecule has 1 amide bonds. The molecule has 10 heteroatoms. The fourth-order valence-corrected chi connectivity index (χ4v) is 9.31. The lowest BCUT2D eigenvalue weighted by molar-refractivity contribution is -0.870. The number of rotatable bonds is 55. The molecule has 0 radical (unpaired) electrons. The SMILES string of the molecule is CC/C=C\C/C=C\C/C=C\C/C=C\C/C=C\C/C=C\CCCCCCCCC(=O)OC(/C=C\CCCCCCCCCCC)C(COP(=O)([O-])OCC[N+](C)(C)C)NC(=O)CCCCCCCCCCCCCCC. The summed E-state index contributed by atoms with van der Waals surface area (Å²) in [7, 11) is 1.17. The van der Waals surface area contributed by atoms with Gasteiger partial charge in [-0.25, -0.2) is 0 Å². The fraction of sp³-hybridized carbons (Fsp3) is 0.754. The van der Waals surface area contributed by atoms with Crippen LogP contribution in [0.2, 0.25) is 0 Å². The standard InChI is InChI=1S/C65H117N2O7P/c1-7-10-13-16-19-22-25-27-28-29-30-31-32-33-34-35-36-37-38-40-43-46-49-52-55-58-65(69)74-63(56-53-50-47-44-41-24-21-18-15-12-9-3)62(61-73-75(70,71)72-60-59-67(4,5)6)66-64(68)57-54-51-48-45-42-39-26-23-20-17-14-11-8-2/h10,13,19,22,27-28,30-31,33-34,36-37,53,56,62-63H,7-9,11-12,14-18,20-21,23-26,29,32,35,38-52,54-55,57-61H2,1-6H3,(H-,66,68,70,71)/b13-10-,22-19-,28-27-,31-30-,34-33-,37-36-,56-53-. The Bertz CT molecular complexity index is 1560. The van der Waals surface area contributed by atoms with Gasteiger partial charge in [0.05, 0.1) is 33.8 Å². The van der Waals surface area contributed by atoms with Gasteiger partial charge in [-0.2, -0.15) is 0 Å². The third-order valence-electron chi connectivity index (χ3n) is 13.3. The lowest BCUT2D eigenvalue weighted by Gasteiger charge is -2.30. The Morgan fingerprint density at radius 3 is 1.28 bits per heavy atom. The molecule has 0 aliphatic rings. The summed E-state index contributed by atoms with van der Waals surface area (Å²) >= 11 is 0. The third kappa shape index (κ3) is 55.7. The first-order valence-electron chi connectivity index (χ1n) is 30.9. The lowest BCUT2D eigenvalue weighted by Crippen LogP contribution is -2.47. The van der Waals surface area contributed by atoms with Gasteiger partial charge in [0.2, 0.25) is 5.91 Å². The molecule has 0 saturated heterocycles. The number of nitrogens with one attached hydrogen (secondary N) is 1. The number of likely N-dealkylation sites (N-methyl/N-ethyl adjacent to an activating group) is 1. The number of hydrogen-bond acceptors (Lipinski definition) is 7. The molecule has 0 aromatic heterocycles. The van der Waals surface area contributed by atoms with Crippen molar-refractivity contribution in [2.45, 2.75) is 277 Å². The first-order chi connectivity index (χ1) is 36.4. The number of hydrogen-bond donors (Lipinski definition) is 1. The highest BCUT2D eigenvalue weighted by Gasteiger charge is 2.27. The van der Waals surface area contributed by atoms with Gasteiger partial charge in [0.15, 0.2) is 0 Å². The zero-order valence-corrected chi connectivity index (χ0v) is 50.4. The monoisotopic (exact) mass is 1070 g/mol. The van der Waals surface area contributed by atoms with Crippen LogP contribution in [-0.4, -0.2) is 69.4 Å². The van der Waals surface area contributed by atoms with Crippen molar-refractivity contribution in [2.24, 2.45) is 0 Å². The number of phosphoric acid groups is 1. The van der Waals surface area contributed by atoms with E-state index in [1.54, 1.807) is 0 Å². The maximum Gasteiger partial charge on any atom is 0.306 e. The maximum absolute atomic E-state index is 13.5. The van der Waals surface area contributed by atoms with Gasteiger partial charge in [0.1, 0.15) is 19.3 Å². The molecular formula is C65H117N2O7P. The summed E-state index contributed by atoms with van der Waals surface area (Å²) in [5.41, 5.74) is 0. The number of allylic oxidation sites excluding steroid dienone is 13. The quantitative estimate of drug-likeness (QED) is 0.0212. The van der Waals surface area contributed by atoms with Crippen LogP contribution in [0.5, 0.6) is 0 Å². The van der Waals surface area contributed by atoms with Crippen molar-refractivity contribution in [2.75, 3.05) is 40.9 Å². The molecule has 0 aromatic rings. The van der Waals surface area contributed by atoms with Crippen LogP contribution in [0.3, 0.4) is 0 Å². The minimum atomic E-state index is -4.70. The van der Waals surface area contributed by atoms with Gasteiger partial charge in [-0.05, 0) is 83.1 Å². The Hall–Kier alpha value is -2.81. The average Bonchev–Trinajstić information content (AvgIpc) is 3.37. The molecule has 0 saturated carbocycles. The molecule has 0 rings (SSSR count). The van der Waals surface area contributed by atoms with E-state index in [-0.39, 0.29) is 24.9 Å². The predicted octanol–water partition coefficient (Wildman–Crippen LogP) is 18.4. The largest absolute Gasteiger partial charge is 0.756 e. The van der Waals surface area contributed by atoms with E-state index in [4.69, 9.17) is 13.8 Å². The van der Waals surface area contributed by atoms with Crippen LogP contribution < -0.4 is 10.2 Å². The molecule has 0 aromatic carbocycles. The number of carbonyl (C=O) groups is 2. The molecule has 0 heterocycles. The van der Waals surface area contributed by atoms with Crippen molar-refractivity contribution in [3.63, 3.8) is 0 Å². The van der Waals surface area contributed by atoms with E-state index in [9.17, 15) is 19.0 Å². The first-order valence-corrected chi connectivity index (χ1v) is 32.4. The maximum atomic E-state index is 13.5. The van der Waals surface area contributed by atoms with E-state index < -0.39 is 26.6 Å². The number of carbonyl (C=O) groups excluding carboxylic acids is 2. The zero-order valence-electron chi connectivity index (χ0n) is 49.5. The number of amides is 1. The highest BCUT2D eigenvalue weighted by atomic mass is 31.2. The Kier molecular flexibility index (Phi) is 52.5. The lowest BCUT2D eigenvalue weighted by atomic mass is 10.0. The Morgan fingerprint density at radius 2 is 0.853 bits per heavy atom. The summed E-state index contributed by atoms with van der Waals surface area (Å²) in [5, 5.41) is 3.02. The predicted molar refractivity (Wildman–Crippen MR) is 321 cm³/mol. The number of unbranched alkanes of at least 4 members (excludes halogenated alkanes) is 27. The highest BCUT2D eigenvalue weighted by Crippen LogP contribution is 2.38. The van der Waals surface area contributed by atoms with Crippen LogP contribution in [0.15, 0.2) is 85.1 Å². The van der Waals surface area contributed by atoms with Gasteiger partial charge in [-0.3, -0.25) is 14.2 Å². The zero-order chi connectivity index (χ0) is 55.0. The van der Waals surface area contributed by atoms with Crippen molar-refractivity contribution >= 4 is 19.7 Å². The highest BCUT2D eigenvalue weighted by molar-refractivity contribution is 7.45. The Labute approximate surface area is 463 Å². The van der Waals surface area contributed by atoms with Crippen molar-refractivity contribution in [1.82, 2.24) is 5.32 Å². The van der Waals surface area contributed by atoms with E-state index in [2.05, 4.69) is 99.0 Å². The number of esters is 1. The molecule has 1 N–H and O–H groups in total. The summed E-state index contributed by atoms with van der Waals surface area (Å²) < 4.78 is 30.3. The molecule has 0 bridgehead atoms.